The lowest BCUT2D eigenvalue weighted by Gasteiger charge is -2.36. The fraction of sp³-hybridized carbons (Fsp3) is 0.615. The zero-order chi connectivity index (χ0) is 22.5. The Labute approximate surface area is 193 Å². The average molecular weight is 438 g/mol. The van der Waals surface area contributed by atoms with Crippen molar-refractivity contribution in [1.29, 1.82) is 0 Å². The number of piperidine rings is 2. The van der Waals surface area contributed by atoms with Gasteiger partial charge < -0.3 is 9.80 Å². The third-order valence-electron chi connectivity index (χ3n) is 7.49. The summed E-state index contributed by atoms with van der Waals surface area (Å²) in [5, 5.41) is 4.34. The number of aromatic nitrogens is 2. The van der Waals surface area contributed by atoms with E-state index in [9.17, 15) is 4.79 Å². The Balaban J connectivity index is 1.26. The Morgan fingerprint density at radius 1 is 1.19 bits per heavy atom. The van der Waals surface area contributed by atoms with E-state index in [1.807, 2.05) is 35.1 Å². The van der Waals surface area contributed by atoms with Gasteiger partial charge in [-0.2, -0.15) is 5.10 Å². The Morgan fingerprint density at radius 2 is 2.00 bits per heavy atom. The predicted octanol–water partition coefficient (Wildman–Crippen LogP) is 3.73. The van der Waals surface area contributed by atoms with Crippen LogP contribution in [-0.4, -0.2) is 76.7 Å². The molecule has 0 aliphatic carbocycles. The first-order valence-corrected chi connectivity index (χ1v) is 12.3. The number of hydrogen-bond donors (Lipinski definition) is 0. The molecule has 1 aromatic carbocycles. The lowest BCUT2D eigenvalue weighted by Crippen LogP contribution is -2.44. The van der Waals surface area contributed by atoms with Crippen LogP contribution in [0.4, 0.5) is 0 Å². The van der Waals surface area contributed by atoms with Crippen molar-refractivity contribution >= 4 is 5.91 Å². The molecular weight excluding hydrogens is 398 g/mol. The fourth-order valence-corrected chi connectivity index (χ4v) is 5.28. The van der Waals surface area contributed by atoms with E-state index in [1.165, 1.54) is 24.0 Å². The Morgan fingerprint density at radius 3 is 2.72 bits per heavy atom. The summed E-state index contributed by atoms with van der Waals surface area (Å²) in [5.74, 6) is 0.962. The van der Waals surface area contributed by atoms with E-state index in [1.54, 1.807) is 0 Å². The summed E-state index contributed by atoms with van der Waals surface area (Å²) in [5.41, 5.74) is 3.81. The van der Waals surface area contributed by atoms with Gasteiger partial charge in [0.1, 0.15) is 0 Å². The average Bonchev–Trinajstić information content (AvgIpc) is 3.34. The quantitative estimate of drug-likeness (QED) is 0.662. The molecule has 1 unspecified atom stereocenters. The van der Waals surface area contributed by atoms with Crippen molar-refractivity contribution in [1.82, 2.24) is 24.5 Å². The normalized spacial score (nSPS) is 21.0. The maximum atomic E-state index is 12.8. The molecule has 1 atom stereocenters. The van der Waals surface area contributed by atoms with Crippen LogP contribution in [0.3, 0.4) is 0 Å². The SMILES string of the molecule is Cc1cc(-n2cccn2)ccc1CN1CCCC(CCC(=O)N(C)C2CCN(C)CC2)C1. The van der Waals surface area contributed by atoms with Crippen LogP contribution >= 0.6 is 0 Å². The van der Waals surface area contributed by atoms with Gasteiger partial charge >= 0.3 is 0 Å². The highest BCUT2D eigenvalue weighted by atomic mass is 16.2. The van der Waals surface area contributed by atoms with Crippen molar-refractivity contribution in [3.8, 4) is 5.69 Å². The van der Waals surface area contributed by atoms with E-state index in [4.69, 9.17) is 0 Å². The van der Waals surface area contributed by atoms with Crippen LogP contribution in [-0.2, 0) is 11.3 Å². The van der Waals surface area contributed by atoms with Crippen molar-refractivity contribution in [3.63, 3.8) is 0 Å². The van der Waals surface area contributed by atoms with Gasteiger partial charge in [-0.3, -0.25) is 9.69 Å². The first-order chi connectivity index (χ1) is 15.5. The van der Waals surface area contributed by atoms with Crippen LogP contribution in [0.1, 0.15) is 49.7 Å². The third kappa shape index (κ3) is 5.78. The Kier molecular flexibility index (Phi) is 7.63. The maximum absolute atomic E-state index is 12.8. The third-order valence-corrected chi connectivity index (χ3v) is 7.49. The fourth-order valence-electron chi connectivity index (χ4n) is 5.28. The summed E-state index contributed by atoms with van der Waals surface area (Å²) in [6.45, 7) is 7.64. The molecule has 32 heavy (non-hydrogen) atoms. The minimum Gasteiger partial charge on any atom is -0.343 e. The number of carbonyl (C=O) groups excluding carboxylic acids is 1. The van der Waals surface area contributed by atoms with Gasteiger partial charge in [0.15, 0.2) is 0 Å². The second-order valence-electron chi connectivity index (χ2n) is 9.88. The van der Waals surface area contributed by atoms with Crippen LogP contribution in [0.25, 0.3) is 5.69 Å². The van der Waals surface area contributed by atoms with Gasteiger partial charge in [-0.1, -0.05) is 6.07 Å². The minimum absolute atomic E-state index is 0.335. The molecule has 2 saturated heterocycles. The Bertz CT molecular complexity index is 872. The first kappa shape index (κ1) is 23.0. The van der Waals surface area contributed by atoms with Gasteiger partial charge in [-0.15, -0.1) is 0 Å². The molecule has 4 rings (SSSR count). The largest absolute Gasteiger partial charge is 0.343 e. The molecule has 0 spiro atoms. The predicted molar refractivity (Wildman–Crippen MR) is 129 cm³/mol. The van der Waals surface area contributed by atoms with Crippen molar-refractivity contribution in [2.24, 2.45) is 5.92 Å². The summed E-state index contributed by atoms with van der Waals surface area (Å²) < 4.78 is 1.91. The highest BCUT2D eigenvalue weighted by Crippen LogP contribution is 2.25. The lowest BCUT2D eigenvalue weighted by atomic mass is 9.92. The summed E-state index contributed by atoms with van der Waals surface area (Å²) in [6, 6.07) is 9.01. The van der Waals surface area contributed by atoms with Gasteiger partial charge in [0, 0.05) is 45.0 Å². The van der Waals surface area contributed by atoms with Crippen LogP contribution in [0.15, 0.2) is 36.7 Å². The van der Waals surface area contributed by atoms with Gasteiger partial charge in [-0.25, -0.2) is 4.68 Å². The van der Waals surface area contributed by atoms with Gasteiger partial charge in [0.25, 0.3) is 0 Å². The maximum Gasteiger partial charge on any atom is 0.222 e. The molecule has 0 saturated carbocycles. The topological polar surface area (TPSA) is 44.6 Å². The zero-order valence-corrected chi connectivity index (χ0v) is 20.0. The molecule has 0 bridgehead atoms. The van der Waals surface area contributed by atoms with Crippen LogP contribution in [0.2, 0.25) is 0 Å². The second kappa shape index (κ2) is 10.6. The lowest BCUT2D eigenvalue weighted by molar-refractivity contribution is -0.133. The number of likely N-dealkylation sites (tertiary alicyclic amines) is 2. The van der Waals surface area contributed by atoms with Gasteiger partial charge in [0.2, 0.25) is 5.91 Å². The van der Waals surface area contributed by atoms with E-state index >= 15 is 0 Å². The summed E-state index contributed by atoms with van der Waals surface area (Å²) in [7, 11) is 4.18. The molecule has 2 aliphatic rings. The van der Waals surface area contributed by atoms with Crippen molar-refractivity contribution < 1.29 is 4.79 Å². The van der Waals surface area contributed by atoms with E-state index < -0.39 is 0 Å². The van der Waals surface area contributed by atoms with Crippen LogP contribution in [0.5, 0.6) is 0 Å². The van der Waals surface area contributed by atoms with E-state index in [0.29, 0.717) is 24.3 Å². The Hall–Kier alpha value is -2.18. The van der Waals surface area contributed by atoms with Crippen molar-refractivity contribution in [2.75, 3.05) is 40.3 Å². The summed E-state index contributed by atoms with van der Waals surface area (Å²) in [6.07, 6.45) is 10.2. The molecule has 0 N–H and O–H groups in total. The molecule has 2 aliphatic heterocycles. The molecular formula is C26H39N5O. The van der Waals surface area contributed by atoms with E-state index in [0.717, 1.165) is 57.7 Å². The van der Waals surface area contributed by atoms with E-state index in [-0.39, 0.29) is 0 Å². The number of hydrogen-bond acceptors (Lipinski definition) is 4. The molecule has 1 aromatic heterocycles. The number of aryl methyl sites for hydroxylation is 1. The monoisotopic (exact) mass is 437 g/mol. The minimum atomic E-state index is 0.335. The van der Waals surface area contributed by atoms with E-state index in [2.05, 4.69) is 47.1 Å². The summed E-state index contributed by atoms with van der Waals surface area (Å²) in [4.78, 5) is 19.8. The van der Waals surface area contributed by atoms with Gasteiger partial charge in [-0.05, 0) is 101 Å². The number of nitrogens with zero attached hydrogens (tertiary/aromatic N) is 5. The van der Waals surface area contributed by atoms with Crippen molar-refractivity contribution in [3.05, 3.63) is 47.8 Å². The first-order valence-electron chi connectivity index (χ1n) is 12.3. The second-order valence-corrected chi connectivity index (χ2v) is 9.88. The van der Waals surface area contributed by atoms with Gasteiger partial charge in [0.05, 0.1) is 5.69 Å². The number of benzene rings is 1. The number of amides is 1. The molecule has 2 aromatic rings. The molecule has 0 radical (unpaired) electrons. The highest BCUT2D eigenvalue weighted by Gasteiger charge is 2.26. The molecule has 6 nitrogen and oxygen atoms in total. The molecule has 6 heteroatoms. The standard InChI is InChI=1S/C26H39N5O/c1-21-18-25(31-15-5-13-27-31)9-8-23(21)20-30-14-4-6-22(19-30)7-10-26(32)29(3)24-11-16-28(2)17-12-24/h5,8-9,13,15,18,22,24H,4,6-7,10-12,14,16-17,19-20H2,1-3H3. The van der Waals surface area contributed by atoms with Crippen molar-refractivity contribution in [2.45, 2.75) is 58.0 Å². The zero-order valence-electron chi connectivity index (χ0n) is 20.0. The van der Waals surface area contributed by atoms with Crippen LogP contribution in [0, 0.1) is 12.8 Å². The molecule has 2 fully saturated rings. The number of rotatable bonds is 7. The molecule has 1 amide bonds. The number of carbonyl (C=O) groups is 1. The smallest absolute Gasteiger partial charge is 0.222 e. The van der Waals surface area contributed by atoms with Crippen LogP contribution < -0.4 is 0 Å². The molecule has 3 heterocycles. The summed E-state index contributed by atoms with van der Waals surface area (Å²) >= 11 is 0. The highest BCUT2D eigenvalue weighted by molar-refractivity contribution is 5.76. The molecule has 174 valence electrons.